The number of nitrogens with one attached hydrogen (secondary N) is 2. The number of anilines is 2. The van der Waals surface area contributed by atoms with Crippen molar-refractivity contribution in [1.82, 2.24) is 10.2 Å². The average molecular weight is 339 g/mol. The van der Waals surface area contributed by atoms with Gasteiger partial charge in [-0.15, -0.1) is 0 Å². The smallest absolute Gasteiger partial charge is 0.278 e. The number of aryl methyl sites for hydroxylation is 1. The van der Waals surface area contributed by atoms with E-state index in [1.54, 1.807) is 25.3 Å². The summed E-state index contributed by atoms with van der Waals surface area (Å²) in [4.78, 5) is 12.2. The summed E-state index contributed by atoms with van der Waals surface area (Å²) in [7, 11) is 1.56. The molecular formula is C13H15BrN4O2. The molecule has 0 spiro atoms. The van der Waals surface area contributed by atoms with Crippen LogP contribution in [0.3, 0.4) is 0 Å². The second-order valence-corrected chi connectivity index (χ2v) is 4.97. The molecule has 2 aromatic rings. The predicted octanol–water partition coefficient (Wildman–Crippen LogP) is 2.58. The molecule has 0 unspecified atom stereocenters. The molecule has 1 aromatic carbocycles. The Labute approximate surface area is 124 Å². The van der Waals surface area contributed by atoms with Gasteiger partial charge < -0.3 is 15.8 Å². The lowest BCUT2D eigenvalue weighted by Crippen LogP contribution is -2.14. The second kappa shape index (κ2) is 5.96. The molecule has 0 saturated carbocycles. The van der Waals surface area contributed by atoms with Crippen LogP contribution in [0.2, 0.25) is 0 Å². The van der Waals surface area contributed by atoms with Crippen LogP contribution < -0.4 is 15.8 Å². The number of carbonyl (C=O) groups is 1. The zero-order chi connectivity index (χ0) is 14.7. The van der Waals surface area contributed by atoms with Gasteiger partial charge in [-0.1, -0.05) is 6.92 Å². The van der Waals surface area contributed by atoms with Gasteiger partial charge in [-0.3, -0.25) is 9.89 Å². The fourth-order valence-corrected chi connectivity index (χ4v) is 2.08. The highest BCUT2D eigenvalue weighted by molar-refractivity contribution is 9.10. The van der Waals surface area contributed by atoms with Crippen molar-refractivity contribution in [2.75, 3.05) is 18.2 Å². The van der Waals surface area contributed by atoms with Crippen molar-refractivity contribution in [3.05, 3.63) is 34.1 Å². The van der Waals surface area contributed by atoms with Crippen molar-refractivity contribution in [2.45, 2.75) is 13.3 Å². The standard InChI is InChI=1S/C13H15BrN4O2/c1-3-9-11(15)12(18-17-9)13(19)16-10-6-7(20-2)4-5-8(10)14/h4-6H,3,15H2,1-2H3,(H,16,19)(H,17,18). The van der Waals surface area contributed by atoms with Gasteiger partial charge in [-0.05, 0) is 34.5 Å². The molecule has 1 heterocycles. The molecule has 20 heavy (non-hydrogen) atoms. The number of carbonyl (C=O) groups excluding carboxylic acids is 1. The number of amides is 1. The van der Waals surface area contributed by atoms with Crippen LogP contribution in [0, 0.1) is 0 Å². The fraction of sp³-hybridized carbons (Fsp3) is 0.231. The summed E-state index contributed by atoms with van der Waals surface area (Å²) >= 11 is 3.37. The number of benzene rings is 1. The number of aromatic amines is 1. The van der Waals surface area contributed by atoms with Gasteiger partial charge >= 0.3 is 0 Å². The zero-order valence-electron chi connectivity index (χ0n) is 11.2. The Morgan fingerprint density at radius 3 is 2.90 bits per heavy atom. The summed E-state index contributed by atoms with van der Waals surface area (Å²) in [5, 5.41) is 9.45. The first-order valence-corrected chi connectivity index (χ1v) is 6.83. The Hall–Kier alpha value is -2.02. The number of aromatic nitrogens is 2. The lowest BCUT2D eigenvalue weighted by molar-refractivity contribution is 0.102. The summed E-state index contributed by atoms with van der Waals surface area (Å²) in [5.41, 5.74) is 7.78. The number of H-pyrrole nitrogens is 1. The Morgan fingerprint density at radius 1 is 1.55 bits per heavy atom. The molecule has 0 saturated heterocycles. The van der Waals surface area contributed by atoms with E-state index in [1.165, 1.54) is 0 Å². The molecule has 4 N–H and O–H groups in total. The van der Waals surface area contributed by atoms with E-state index in [0.29, 0.717) is 23.5 Å². The average Bonchev–Trinajstić information content (AvgIpc) is 2.82. The second-order valence-electron chi connectivity index (χ2n) is 4.12. The van der Waals surface area contributed by atoms with Crippen LogP contribution in [0.4, 0.5) is 11.4 Å². The third kappa shape index (κ3) is 2.77. The lowest BCUT2D eigenvalue weighted by Gasteiger charge is -2.08. The van der Waals surface area contributed by atoms with E-state index in [4.69, 9.17) is 10.5 Å². The zero-order valence-corrected chi connectivity index (χ0v) is 12.7. The minimum absolute atomic E-state index is 0.191. The minimum atomic E-state index is -0.368. The monoisotopic (exact) mass is 338 g/mol. The molecule has 0 aliphatic heterocycles. The molecule has 7 heteroatoms. The summed E-state index contributed by atoms with van der Waals surface area (Å²) in [6.45, 7) is 1.93. The van der Waals surface area contributed by atoms with Crippen molar-refractivity contribution >= 4 is 33.2 Å². The third-order valence-electron chi connectivity index (χ3n) is 2.87. The first-order chi connectivity index (χ1) is 9.56. The van der Waals surface area contributed by atoms with Gasteiger partial charge in [0.15, 0.2) is 5.69 Å². The molecule has 0 radical (unpaired) electrons. The van der Waals surface area contributed by atoms with Crippen molar-refractivity contribution in [1.29, 1.82) is 0 Å². The lowest BCUT2D eigenvalue weighted by atomic mass is 10.2. The molecule has 0 aliphatic carbocycles. The van der Waals surface area contributed by atoms with Crippen LogP contribution >= 0.6 is 15.9 Å². The Balaban J connectivity index is 2.25. The number of hydrogen-bond donors (Lipinski definition) is 3. The highest BCUT2D eigenvalue weighted by Gasteiger charge is 2.17. The van der Waals surface area contributed by atoms with E-state index < -0.39 is 0 Å². The van der Waals surface area contributed by atoms with Gasteiger partial charge in [0.05, 0.1) is 24.2 Å². The number of nitrogens with two attached hydrogens (primary N) is 1. The van der Waals surface area contributed by atoms with Gasteiger partial charge in [-0.2, -0.15) is 5.10 Å². The van der Waals surface area contributed by atoms with Gasteiger partial charge in [0.25, 0.3) is 5.91 Å². The number of hydrogen-bond acceptors (Lipinski definition) is 4. The summed E-state index contributed by atoms with van der Waals surface area (Å²) in [5.74, 6) is 0.278. The highest BCUT2D eigenvalue weighted by Crippen LogP contribution is 2.28. The van der Waals surface area contributed by atoms with E-state index >= 15 is 0 Å². The normalized spacial score (nSPS) is 10.3. The number of rotatable bonds is 4. The molecule has 0 aliphatic rings. The van der Waals surface area contributed by atoms with Crippen molar-refractivity contribution < 1.29 is 9.53 Å². The molecule has 1 amide bonds. The maximum absolute atomic E-state index is 12.2. The van der Waals surface area contributed by atoms with Crippen molar-refractivity contribution in [3.63, 3.8) is 0 Å². The molecular weight excluding hydrogens is 324 g/mol. The molecule has 0 fully saturated rings. The van der Waals surface area contributed by atoms with Crippen LogP contribution in [-0.4, -0.2) is 23.2 Å². The fourth-order valence-electron chi connectivity index (χ4n) is 1.74. The van der Waals surface area contributed by atoms with Crippen LogP contribution in [0.15, 0.2) is 22.7 Å². The van der Waals surface area contributed by atoms with Gasteiger partial charge in [0.1, 0.15) is 5.75 Å². The molecule has 0 atom stereocenters. The summed E-state index contributed by atoms with van der Waals surface area (Å²) in [6, 6.07) is 5.29. The molecule has 6 nitrogen and oxygen atoms in total. The third-order valence-corrected chi connectivity index (χ3v) is 3.56. The van der Waals surface area contributed by atoms with Crippen molar-refractivity contribution in [2.24, 2.45) is 0 Å². The van der Waals surface area contributed by atoms with Gasteiger partial charge in [0, 0.05) is 10.5 Å². The van der Waals surface area contributed by atoms with Gasteiger partial charge in [0.2, 0.25) is 0 Å². The Morgan fingerprint density at radius 2 is 2.30 bits per heavy atom. The van der Waals surface area contributed by atoms with E-state index in [1.807, 2.05) is 6.92 Å². The summed E-state index contributed by atoms with van der Waals surface area (Å²) in [6.07, 6.45) is 0.689. The number of nitrogen functional groups attached to an aromatic ring is 1. The van der Waals surface area contributed by atoms with Crippen molar-refractivity contribution in [3.8, 4) is 5.75 Å². The summed E-state index contributed by atoms with van der Waals surface area (Å²) < 4.78 is 5.87. The highest BCUT2D eigenvalue weighted by atomic mass is 79.9. The minimum Gasteiger partial charge on any atom is -0.497 e. The van der Waals surface area contributed by atoms with Crippen LogP contribution in [0.1, 0.15) is 23.1 Å². The maximum atomic E-state index is 12.2. The Kier molecular flexibility index (Phi) is 4.29. The van der Waals surface area contributed by atoms with E-state index in [-0.39, 0.29) is 11.6 Å². The van der Waals surface area contributed by atoms with E-state index in [0.717, 1.165) is 10.2 Å². The topological polar surface area (TPSA) is 93.0 Å². The Bertz CT molecular complexity index is 639. The quantitative estimate of drug-likeness (QED) is 0.798. The number of methoxy groups -OCH3 is 1. The first-order valence-electron chi connectivity index (χ1n) is 6.04. The number of ether oxygens (including phenoxy) is 1. The SMILES string of the molecule is CCc1[nH]nc(C(=O)Nc2cc(OC)ccc2Br)c1N. The maximum Gasteiger partial charge on any atom is 0.278 e. The van der Waals surface area contributed by atoms with Crippen LogP contribution in [0.5, 0.6) is 5.75 Å². The van der Waals surface area contributed by atoms with Crippen LogP contribution in [0.25, 0.3) is 0 Å². The molecule has 2 rings (SSSR count). The molecule has 1 aromatic heterocycles. The molecule has 106 valence electrons. The van der Waals surface area contributed by atoms with E-state index in [2.05, 4.69) is 31.4 Å². The number of nitrogens with zero attached hydrogens (tertiary/aromatic N) is 1. The predicted molar refractivity (Wildman–Crippen MR) is 81.0 cm³/mol. The van der Waals surface area contributed by atoms with Crippen LogP contribution in [-0.2, 0) is 6.42 Å². The molecule has 0 bridgehead atoms. The largest absolute Gasteiger partial charge is 0.497 e. The van der Waals surface area contributed by atoms with E-state index in [9.17, 15) is 4.79 Å². The number of halogens is 1. The van der Waals surface area contributed by atoms with Gasteiger partial charge in [-0.25, -0.2) is 0 Å². The first kappa shape index (κ1) is 14.4.